The van der Waals surface area contributed by atoms with Crippen LogP contribution in [0.3, 0.4) is 0 Å². The highest BCUT2D eigenvalue weighted by Gasteiger charge is 2.43. The van der Waals surface area contributed by atoms with Gasteiger partial charge in [-0.3, -0.25) is 4.98 Å². The highest BCUT2D eigenvalue weighted by atomic mass is 19.1. The Kier molecular flexibility index (Phi) is 5.98. The maximum absolute atomic E-state index is 13.0. The third-order valence-electron chi connectivity index (χ3n) is 5.62. The molecule has 2 atom stereocenters. The number of fused-ring (bicyclic) bond motifs is 1. The molecule has 0 bridgehead atoms. The van der Waals surface area contributed by atoms with Gasteiger partial charge in [0.1, 0.15) is 11.4 Å². The minimum Gasteiger partial charge on any atom is -0.476 e. The van der Waals surface area contributed by atoms with Gasteiger partial charge in [0.2, 0.25) is 5.88 Å². The number of amides is 1. The highest BCUT2D eigenvalue weighted by molar-refractivity contribution is 5.68. The first-order valence-electron chi connectivity index (χ1n) is 10.7. The van der Waals surface area contributed by atoms with E-state index in [9.17, 15) is 9.18 Å². The predicted molar refractivity (Wildman–Crippen MR) is 115 cm³/mol. The molecule has 7 nitrogen and oxygen atoms in total. The lowest BCUT2D eigenvalue weighted by atomic mass is 10.0. The first-order valence-corrected chi connectivity index (χ1v) is 10.7. The van der Waals surface area contributed by atoms with Crippen LogP contribution in [0.5, 0.6) is 5.88 Å². The predicted octanol–water partition coefficient (Wildman–Crippen LogP) is 3.54. The summed E-state index contributed by atoms with van der Waals surface area (Å²) in [5.41, 5.74) is 0.528. The second-order valence-electron chi connectivity index (χ2n) is 9.25. The van der Waals surface area contributed by atoms with Gasteiger partial charge >= 0.3 is 6.09 Å². The molecule has 31 heavy (non-hydrogen) atoms. The molecule has 0 aliphatic carbocycles. The van der Waals surface area contributed by atoms with Gasteiger partial charge in [0.15, 0.2) is 5.82 Å². The van der Waals surface area contributed by atoms with Crippen molar-refractivity contribution in [2.75, 3.05) is 37.7 Å². The van der Waals surface area contributed by atoms with E-state index in [4.69, 9.17) is 9.47 Å². The molecular weight excluding hydrogens is 399 g/mol. The Morgan fingerprint density at radius 1 is 1.10 bits per heavy atom. The topological polar surface area (TPSA) is 67.8 Å². The van der Waals surface area contributed by atoms with Crippen LogP contribution in [0.4, 0.5) is 15.0 Å². The second-order valence-corrected chi connectivity index (χ2v) is 9.25. The van der Waals surface area contributed by atoms with Crippen LogP contribution in [0.15, 0.2) is 36.7 Å². The van der Waals surface area contributed by atoms with Crippen LogP contribution in [0.2, 0.25) is 0 Å². The SMILES string of the molecule is CC(C)(C)OC(=O)N1CC2CN(c3cncc(OCCc4ccc(F)cc4)n3)CC2C1. The first kappa shape index (κ1) is 21.3. The third-order valence-corrected chi connectivity index (χ3v) is 5.62. The van der Waals surface area contributed by atoms with Gasteiger partial charge in [0.25, 0.3) is 0 Å². The van der Waals surface area contributed by atoms with Crippen LogP contribution < -0.4 is 9.64 Å². The zero-order chi connectivity index (χ0) is 22.0. The molecule has 2 saturated heterocycles. The molecule has 8 heteroatoms. The van der Waals surface area contributed by atoms with E-state index in [0.717, 1.165) is 24.5 Å². The summed E-state index contributed by atoms with van der Waals surface area (Å²) >= 11 is 0. The lowest BCUT2D eigenvalue weighted by Gasteiger charge is -2.26. The Hall–Kier alpha value is -2.90. The molecule has 1 aromatic carbocycles. The lowest BCUT2D eigenvalue weighted by Crippen LogP contribution is -2.37. The smallest absolute Gasteiger partial charge is 0.410 e. The van der Waals surface area contributed by atoms with Gasteiger partial charge in [0.05, 0.1) is 19.0 Å². The van der Waals surface area contributed by atoms with Crippen LogP contribution in [0.1, 0.15) is 26.3 Å². The van der Waals surface area contributed by atoms with E-state index in [-0.39, 0.29) is 11.9 Å². The number of aromatic nitrogens is 2. The van der Waals surface area contributed by atoms with E-state index in [1.165, 1.54) is 12.1 Å². The van der Waals surface area contributed by atoms with E-state index < -0.39 is 5.60 Å². The number of rotatable bonds is 5. The molecule has 3 heterocycles. The monoisotopic (exact) mass is 428 g/mol. The molecule has 2 aliphatic heterocycles. The van der Waals surface area contributed by atoms with Crippen LogP contribution in [-0.2, 0) is 11.2 Å². The summed E-state index contributed by atoms with van der Waals surface area (Å²) in [5.74, 6) is 1.83. The van der Waals surface area contributed by atoms with Crippen molar-refractivity contribution in [2.45, 2.75) is 32.8 Å². The Morgan fingerprint density at radius 2 is 1.77 bits per heavy atom. The van der Waals surface area contributed by atoms with Gasteiger partial charge in [0, 0.05) is 44.4 Å². The van der Waals surface area contributed by atoms with Crippen molar-refractivity contribution < 1.29 is 18.7 Å². The Labute approximate surface area is 182 Å². The van der Waals surface area contributed by atoms with Crippen molar-refractivity contribution >= 4 is 11.9 Å². The molecule has 0 spiro atoms. The number of benzene rings is 1. The Bertz CT molecular complexity index is 902. The van der Waals surface area contributed by atoms with E-state index in [0.29, 0.717) is 43.8 Å². The summed E-state index contributed by atoms with van der Waals surface area (Å²) in [5, 5.41) is 0. The molecule has 2 unspecified atom stereocenters. The largest absolute Gasteiger partial charge is 0.476 e. The minimum atomic E-state index is -0.479. The average molecular weight is 429 g/mol. The van der Waals surface area contributed by atoms with Gasteiger partial charge in [-0.2, -0.15) is 4.98 Å². The van der Waals surface area contributed by atoms with Crippen LogP contribution in [-0.4, -0.2) is 59.3 Å². The molecule has 2 aromatic rings. The fraction of sp³-hybridized carbons (Fsp3) is 0.522. The molecule has 0 N–H and O–H groups in total. The van der Waals surface area contributed by atoms with E-state index in [1.807, 2.05) is 25.7 Å². The highest BCUT2D eigenvalue weighted by Crippen LogP contribution is 2.34. The number of nitrogens with zero attached hydrogens (tertiary/aromatic N) is 4. The fourth-order valence-corrected chi connectivity index (χ4v) is 4.14. The average Bonchev–Trinajstić information content (AvgIpc) is 3.28. The molecule has 2 fully saturated rings. The number of hydrogen-bond acceptors (Lipinski definition) is 6. The Morgan fingerprint density at radius 3 is 2.42 bits per heavy atom. The summed E-state index contributed by atoms with van der Waals surface area (Å²) in [6.45, 7) is 9.18. The van der Waals surface area contributed by atoms with Crippen LogP contribution in [0, 0.1) is 17.7 Å². The molecule has 0 saturated carbocycles. The summed E-state index contributed by atoms with van der Waals surface area (Å²) in [4.78, 5) is 25.3. The van der Waals surface area contributed by atoms with Crippen molar-refractivity contribution in [1.82, 2.24) is 14.9 Å². The summed E-state index contributed by atoms with van der Waals surface area (Å²) in [7, 11) is 0. The summed E-state index contributed by atoms with van der Waals surface area (Å²) in [6, 6.07) is 6.41. The maximum atomic E-state index is 13.0. The van der Waals surface area contributed by atoms with E-state index >= 15 is 0 Å². The second kappa shape index (κ2) is 8.69. The Balaban J connectivity index is 1.29. The molecule has 1 amide bonds. The van der Waals surface area contributed by atoms with Crippen molar-refractivity contribution in [3.63, 3.8) is 0 Å². The van der Waals surface area contributed by atoms with Crippen LogP contribution >= 0.6 is 0 Å². The summed E-state index contributed by atoms with van der Waals surface area (Å²) in [6.07, 6.45) is 3.79. The molecule has 166 valence electrons. The quantitative estimate of drug-likeness (QED) is 0.726. The van der Waals surface area contributed by atoms with Crippen molar-refractivity contribution in [1.29, 1.82) is 0 Å². The zero-order valence-corrected chi connectivity index (χ0v) is 18.3. The lowest BCUT2D eigenvalue weighted by molar-refractivity contribution is 0.0282. The van der Waals surface area contributed by atoms with Gasteiger partial charge in [-0.1, -0.05) is 12.1 Å². The van der Waals surface area contributed by atoms with E-state index in [1.54, 1.807) is 24.5 Å². The number of ether oxygens (including phenoxy) is 2. The molecule has 2 aliphatic rings. The van der Waals surface area contributed by atoms with E-state index in [2.05, 4.69) is 14.9 Å². The third kappa shape index (κ3) is 5.42. The first-order chi connectivity index (χ1) is 14.8. The number of halogens is 1. The van der Waals surface area contributed by atoms with Gasteiger partial charge in [-0.05, 0) is 38.5 Å². The molecule has 0 radical (unpaired) electrons. The number of likely N-dealkylation sites (tertiary alicyclic amines) is 1. The van der Waals surface area contributed by atoms with Crippen molar-refractivity contribution in [3.8, 4) is 5.88 Å². The normalized spacial score (nSPS) is 20.6. The minimum absolute atomic E-state index is 0.232. The van der Waals surface area contributed by atoms with Gasteiger partial charge in [-0.25, -0.2) is 9.18 Å². The van der Waals surface area contributed by atoms with Crippen molar-refractivity contribution in [3.05, 3.63) is 48.0 Å². The molecule has 4 rings (SSSR count). The summed E-state index contributed by atoms with van der Waals surface area (Å²) < 4.78 is 24.3. The maximum Gasteiger partial charge on any atom is 0.410 e. The van der Waals surface area contributed by atoms with Crippen LogP contribution in [0.25, 0.3) is 0 Å². The zero-order valence-electron chi connectivity index (χ0n) is 18.3. The van der Waals surface area contributed by atoms with Crippen molar-refractivity contribution in [2.24, 2.45) is 11.8 Å². The van der Waals surface area contributed by atoms with Gasteiger partial charge < -0.3 is 19.3 Å². The standard InChI is InChI=1S/C23H29FN4O3/c1-23(2,3)31-22(29)28-14-17-12-27(13-18(17)15-28)20-10-25-11-21(26-20)30-9-8-16-4-6-19(24)7-5-16/h4-7,10-11,17-18H,8-9,12-15H2,1-3H3. The number of anilines is 1. The number of carbonyl (C=O) groups excluding carboxylic acids is 1. The number of hydrogen-bond donors (Lipinski definition) is 0. The van der Waals surface area contributed by atoms with Gasteiger partial charge in [-0.15, -0.1) is 0 Å². The molecular formula is C23H29FN4O3. The number of carbonyl (C=O) groups is 1. The fourth-order valence-electron chi connectivity index (χ4n) is 4.14. The molecule has 1 aromatic heterocycles.